The molecule has 2 nitrogen and oxygen atoms in total. The first kappa shape index (κ1) is 22.7. The number of thiazole rings is 1. The minimum absolute atomic E-state index is 0.110. The van der Waals surface area contributed by atoms with E-state index in [-0.39, 0.29) is 17.3 Å². The zero-order chi connectivity index (χ0) is 22.3. The molecule has 1 heterocycles. The highest BCUT2D eigenvalue weighted by Crippen LogP contribution is 2.39. The van der Waals surface area contributed by atoms with Gasteiger partial charge in [0.15, 0.2) is 0 Å². The van der Waals surface area contributed by atoms with E-state index in [9.17, 15) is 26.3 Å². The molecule has 0 atom stereocenters. The number of hydrogen-bond acceptors (Lipinski definition) is 2. The molecule has 0 unspecified atom stereocenters. The molecule has 1 aromatic heterocycles. The molecule has 0 bridgehead atoms. The summed E-state index contributed by atoms with van der Waals surface area (Å²) in [6.45, 7) is 2.03. The van der Waals surface area contributed by atoms with Gasteiger partial charge < -0.3 is 0 Å². The molecule has 0 saturated carbocycles. The Labute approximate surface area is 181 Å². The van der Waals surface area contributed by atoms with Crippen LogP contribution in [0.3, 0.4) is 0 Å². The van der Waals surface area contributed by atoms with E-state index in [0.717, 1.165) is 11.3 Å². The van der Waals surface area contributed by atoms with Gasteiger partial charge in [-0.2, -0.15) is 26.3 Å². The van der Waals surface area contributed by atoms with Crippen LogP contribution in [0.25, 0.3) is 11.3 Å². The highest BCUT2D eigenvalue weighted by Gasteiger charge is 2.37. The predicted octanol–water partition coefficient (Wildman–Crippen LogP) is 7.81. The quantitative estimate of drug-likeness (QED) is 0.294. The Morgan fingerprint density at radius 1 is 0.867 bits per heavy atom. The number of halogens is 8. The maximum atomic E-state index is 13.2. The monoisotopic (exact) mass is 485 g/mol. The summed E-state index contributed by atoms with van der Waals surface area (Å²) < 4.78 is 80.7. The Balaban J connectivity index is 2.10. The Morgan fingerprint density at radius 3 is 1.87 bits per heavy atom. The van der Waals surface area contributed by atoms with Crippen molar-refractivity contribution in [1.82, 2.24) is 0 Å². The summed E-state index contributed by atoms with van der Waals surface area (Å²) in [6, 6.07) is 6.26. The van der Waals surface area contributed by atoms with E-state index in [1.165, 1.54) is 11.4 Å². The van der Waals surface area contributed by atoms with Gasteiger partial charge in [0, 0.05) is 33.1 Å². The smallest absolute Gasteiger partial charge is 0.231 e. The third-order valence-electron chi connectivity index (χ3n) is 4.13. The third-order valence-corrected chi connectivity index (χ3v) is 5.45. The zero-order valence-corrected chi connectivity index (χ0v) is 17.5. The van der Waals surface area contributed by atoms with Gasteiger partial charge in [-0.1, -0.05) is 34.5 Å². The van der Waals surface area contributed by atoms with E-state index < -0.39 is 23.5 Å². The lowest BCUT2D eigenvalue weighted by molar-refractivity contribution is -0.664. The molecule has 0 amide bonds. The van der Waals surface area contributed by atoms with E-state index in [1.54, 1.807) is 23.6 Å². The van der Waals surface area contributed by atoms with E-state index in [0.29, 0.717) is 39.5 Å². The standard InChI is InChI=1S/C19H12Cl2F6N2S/c1-2-29-16(9-30-17(29)28-15-7-13(20)6-14(21)8-15)10-3-11(18(22,23)24)5-12(4-10)19(25,26)27/h3-9H,2H2,1H3/p+1. The van der Waals surface area contributed by atoms with Gasteiger partial charge in [-0.05, 0) is 31.2 Å². The van der Waals surface area contributed by atoms with Gasteiger partial charge in [0.25, 0.3) is 0 Å². The van der Waals surface area contributed by atoms with Crippen LogP contribution in [0.5, 0.6) is 0 Å². The summed E-state index contributed by atoms with van der Waals surface area (Å²) in [5.41, 5.74) is -2.17. The highest BCUT2D eigenvalue weighted by atomic mass is 35.5. The molecule has 11 heteroatoms. The SMILES string of the molecule is CC[n+]1c(-c2cc(C(F)(F)F)cc(C(F)(F)F)c2)csc1Nc1cc(Cl)cc(Cl)c1. The van der Waals surface area contributed by atoms with Crippen molar-refractivity contribution in [3.05, 3.63) is 63.0 Å². The zero-order valence-electron chi connectivity index (χ0n) is 15.1. The lowest BCUT2D eigenvalue weighted by atomic mass is 10.0. The highest BCUT2D eigenvalue weighted by molar-refractivity contribution is 7.13. The Bertz CT molecular complexity index is 1020. The summed E-state index contributed by atoms with van der Waals surface area (Å²) in [7, 11) is 0. The van der Waals surface area contributed by atoms with Gasteiger partial charge in [0.2, 0.25) is 0 Å². The van der Waals surface area contributed by atoms with Crippen molar-refractivity contribution in [3.8, 4) is 11.3 Å². The fourth-order valence-electron chi connectivity index (χ4n) is 2.84. The van der Waals surface area contributed by atoms with Gasteiger partial charge in [-0.3, -0.25) is 0 Å². The van der Waals surface area contributed by atoms with Crippen LogP contribution in [0.2, 0.25) is 10.0 Å². The van der Waals surface area contributed by atoms with Gasteiger partial charge in [0.05, 0.1) is 17.7 Å². The van der Waals surface area contributed by atoms with Crippen LogP contribution in [0.1, 0.15) is 18.1 Å². The fraction of sp³-hybridized carbons (Fsp3) is 0.211. The largest absolute Gasteiger partial charge is 0.416 e. The molecule has 3 rings (SSSR count). The number of rotatable bonds is 4. The van der Waals surface area contributed by atoms with Gasteiger partial charge in [-0.15, -0.1) is 0 Å². The minimum Gasteiger partial charge on any atom is -0.231 e. The van der Waals surface area contributed by atoms with Crippen LogP contribution in [0.15, 0.2) is 41.8 Å². The molecule has 0 spiro atoms. The maximum Gasteiger partial charge on any atom is 0.416 e. The topological polar surface area (TPSA) is 15.9 Å². The second kappa shape index (κ2) is 8.28. The Hall–Kier alpha value is -1.97. The molecule has 0 aliphatic heterocycles. The number of nitrogens with zero attached hydrogens (tertiary/aromatic N) is 1. The van der Waals surface area contributed by atoms with E-state index in [2.05, 4.69) is 5.32 Å². The second-order valence-corrected chi connectivity index (χ2v) is 7.98. The number of anilines is 2. The third kappa shape index (κ3) is 5.01. The maximum absolute atomic E-state index is 13.2. The first-order valence-corrected chi connectivity index (χ1v) is 10.1. The molecule has 0 saturated heterocycles. The van der Waals surface area contributed by atoms with Crippen LogP contribution in [0, 0.1) is 0 Å². The number of alkyl halides is 6. The Kier molecular flexibility index (Phi) is 6.27. The molecule has 2 aromatic carbocycles. The van der Waals surface area contributed by atoms with E-state index in [1.807, 2.05) is 0 Å². The number of benzene rings is 2. The van der Waals surface area contributed by atoms with Crippen molar-refractivity contribution >= 4 is 45.4 Å². The summed E-state index contributed by atoms with van der Waals surface area (Å²) in [6.07, 6.45) is -9.83. The summed E-state index contributed by atoms with van der Waals surface area (Å²) in [4.78, 5) is 0. The molecule has 30 heavy (non-hydrogen) atoms. The molecule has 0 aliphatic rings. The van der Waals surface area contributed by atoms with Crippen molar-refractivity contribution in [1.29, 1.82) is 0 Å². The van der Waals surface area contributed by atoms with Crippen molar-refractivity contribution in [2.45, 2.75) is 25.8 Å². The van der Waals surface area contributed by atoms with Crippen LogP contribution >= 0.6 is 34.5 Å². The molecular formula is C19H13Cl2F6N2S+. The van der Waals surface area contributed by atoms with Gasteiger partial charge in [0.1, 0.15) is 11.4 Å². The van der Waals surface area contributed by atoms with E-state index >= 15 is 0 Å². The molecule has 160 valence electrons. The molecule has 0 fully saturated rings. The first-order chi connectivity index (χ1) is 13.9. The minimum atomic E-state index is -4.91. The van der Waals surface area contributed by atoms with Gasteiger partial charge >= 0.3 is 17.5 Å². The number of nitrogens with one attached hydrogen (secondary N) is 1. The molecule has 1 N–H and O–H groups in total. The molecule has 0 radical (unpaired) electrons. The van der Waals surface area contributed by atoms with Crippen LogP contribution < -0.4 is 9.88 Å². The molecular weight excluding hydrogens is 473 g/mol. The van der Waals surface area contributed by atoms with Crippen molar-refractivity contribution in [3.63, 3.8) is 0 Å². The number of hydrogen-bond donors (Lipinski definition) is 1. The number of aromatic nitrogens is 1. The first-order valence-electron chi connectivity index (χ1n) is 8.43. The summed E-state index contributed by atoms with van der Waals surface area (Å²) in [5, 5.41) is 5.79. The average Bonchev–Trinajstić information content (AvgIpc) is 3.01. The molecule has 3 aromatic rings. The molecule has 0 aliphatic carbocycles. The van der Waals surface area contributed by atoms with Crippen molar-refractivity contribution in [2.24, 2.45) is 0 Å². The normalized spacial score (nSPS) is 12.3. The van der Waals surface area contributed by atoms with Crippen LogP contribution in [0.4, 0.5) is 37.2 Å². The Morgan fingerprint density at radius 2 is 1.40 bits per heavy atom. The lowest BCUT2D eigenvalue weighted by Crippen LogP contribution is -2.35. The van der Waals surface area contributed by atoms with Crippen LogP contribution in [-0.4, -0.2) is 0 Å². The van der Waals surface area contributed by atoms with E-state index in [4.69, 9.17) is 23.2 Å². The average molecular weight is 486 g/mol. The summed E-state index contributed by atoms with van der Waals surface area (Å²) >= 11 is 13.1. The van der Waals surface area contributed by atoms with Crippen molar-refractivity contribution < 1.29 is 30.9 Å². The van der Waals surface area contributed by atoms with Gasteiger partial charge in [-0.25, -0.2) is 9.88 Å². The summed E-state index contributed by atoms with van der Waals surface area (Å²) in [5.74, 6) is 0. The fourth-order valence-corrected chi connectivity index (χ4v) is 4.38. The van der Waals surface area contributed by atoms with Crippen molar-refractivity contribution in [2.75, 3.05) is 5.32 Å². The lowest BCUT2D eigenvalue weighted by Gasteiger charge is -2.14. The second-order valence-electron chi connectivity index (χ2n) is 6.25. The van der Waals surface area contributed by atoms with Crippen LogP contribution in [-0.2, 0) is 18.9 Å². The predicted molar refractivity (Wildman–Crippen MR) is 105 cm³/mol.